The summed E-state index contributed by atoms with van der Waals surface area (Å²) in [6.07, 6.45) is 2.89. The van der Waals surface area contributed by atoms with E-state index in [1.165, 1.54) is 5.69 Å². The average molecular weight is 315 g/mol. The SMILES string of the molecule is C[C@@H](c1nnc(-c2cccs2)o1)N1CCc2c(ncn2C)C1. The van der Waals surface area contributed by atoms with Gasteiger partial charge in [0.15, 0.2) is 0 Å². The van der Waals surface area contributed by atoms with Crippen molar-refractivity contribution in [3.63, 3.8) is 0 Å². The Kier molecular flexibility index (Phi) is 3.31. The zero-order chi connectivity index (χ0) is 15.1. The molecule has 0 fully saturated rings. The van der Waals surface area contributed by atoms with Gasteiger partial charge in [0.1, 0.15) is 0 Å². The predicted molar refractivity (Wildman–Crippen MR) is 83.3 cm³/mol. The number of thiophene rings is 1. The van der Waals surface area contributed by atoms with E-state index in [9.17, 15) is 0 Å². The molecule has 0 saturated carbocycles. The molecule has 0 N–H and O–H groups in total. The molecule has 0 aromatic carbocycles. The van der Waals surface area contributed by atoms with Gasteiger partial charge in [-0.3, -0.25) is 4.90 Å². The highest BCUT2D eigenvalue weighted by atomic mass is 32.1. The Labute approximate surface area is 132 Å². The molecule has 0 aliphatic carbocycles. The molecule has 0 amide bonds. The monoisotopic (exact) mass is 315 g/mol. The van der Waals surface area contributed by atoms with Crippen molar-refractivity contribution in [2.24, 2.45) is 7.05 Å². The summed E-state index contributed by atoms with van der Waals surface area (Å²) in [5.74, 6) is 1.27. The molecule has 22 heavy (non-hydrogen) atoms. The van der Waals surface area contributed by atoms with Crippen molar-refractivity contribution in [3.8, 4) is 10.8 Å². The van der Waals surface area contributed by atoms with Crippen molar-refractivity contribution in [1.82, 2.24) is 24.6 Å². The Balaban J connectivity index is 1.54. The average Bonchev–Trinajstić information content (AvgIpc) is 3.27. The van der Waals surface area contributed by atoms with Gasteiger partial charge in [-0.2, -0.15) is 0 Å². The van der Waals surface area contributed by atoms with Crippen molar-refractivity contribution in [1.29, 1.82) is 0 Å². The molecule has 4 heterocycles. The quantitative estimate of drug-likeness (QED) is 0.743. The summed E-state index contributed by atoms with van der Waals surface area (Å²) in [5, 5.41) is 10.4. The van der Waals surface area contributed by atoms with Gasteiger partial charge in [-0.05, 0) is 18.4 Å². The van der Waals surface area contributed by atoms with Crippen molar-refractivity contribution < 1.29 is 4.42 Å². The van der Waals surface area contributed by atoms with Crippen LogP contribution >= 0.6 is 11.3 Å². The van der Waals surface area contributed by atoms with E-state index in [2.05, 4.69) is 38.6 Å². The smallest absolute Gasteiger partial charge is 0.257 e. The van der Waals surface area contributed by atoms with E-state index >= 15 is 0 Å². The van der Waals surface area contributed by atoms with E-state index in [1.807, 2.05) is 23.8 Å². The van der Waals surface area contributed by atoms with Crippen molar-refractivity contribution in [2.75, 3.05) is 6.54 Å². The lowest BCUT2D eigenvalue weighted by Crippen LogP contribution is -2.33. The molecule has 3 aromatic heterocycles. The largest absolute Gasteiger partial charge is 0.418 e. The van der Waals surface area contributed by atoms with Crippen LogP contribution in [0.1, 0.15) is 30.2 Å². The van der Waals surface area contributed by atoms with E-state index < -0.39 is 0 Å². The van der Waals surface area contributed by atoms with Crippen LogP contribution in [-0.2, 0) is 20.0 Å². The minimum absolute atomic E-state index is 0.0939. The first kappa shape index (κ1) is 13.7. The highest BCUT2D eigenvalue weighted by Gasteiger charge is 2.27. The van der Waals surface area contributed by atoms with Gasteiger partial charge in [-0.25, -0.2) is 4.98 Å². The van der Waals surface area contributed by atoms with Gasteiger partial charge < -0.3 is 8.98 Å². The molecule has 0 unspecified atom stereocenters. The summed E-state index contributed by atoms with van der Waals surface area (Å²) in [4.78, 5) is 7.83. The Morgan fingerprint density at radius 3 is 3.09 bits per heavy atom. The van der Waals surface area contributed by atoms with Gasteiger partial charge in [0.05, 0.1) is 22.9 Å². The standard InChI is InChI=1S/C15H17N5OS/c1-10(14-17-18-15(21-14)13-4-3-7-22-13)20-6-5-12-11(8-20)16-9-19(12)2/h3-4,7,9-10H,5-6,8H2,1-2H3/t10-/m0/s1. The van der Waals surface area contributed by atoms with Crippen LogP contribution in [0.4, 0.5) is 0 Å². The number of hydrogen-bond acceptors (Lipinski definition) is 6. The van der Waals surface area contributed by atoms with Crippen LogP contribution in [0.3, 0.4) is 0 Å². The van der Waals surface area contributed by atoms with Crippen LogP contribution in [0.2, 0.25) is 0 Å². The lowest BCUT2D eigenvalue weighted by molar-refractivity contribution is 0.164. The third-order valence-electron chi connectivity index (χ3n) is 4.21. The molecule has 6 nitrogen and oxygen atoms in total. The number of aryl methyl sites for hydroxylation is 1. The van der Waals surface area contributed by atoms with Gasteiger partial charge in [0, 0.05) is 32.3 Å². The second-order valence-electron chi connectivity index (χ2n) is 5.57. The summed E-state index contributed by atoms with van der Waals surface area (Å²) < 4.78 is 7.97. The Morgan fingerprint density at radius 2 is 2.27 bits per heavy atom. The zero-order valence-corrected chi connectivity index (χ0v) is 13.4. The molecule has 114 valence electrons. The molecule has 0 radical (unpaired) electrons. The van der Waals surface area contributed by atoms with Crippen molar-refractivity contribution >= 4 is 11.3 Å². The first-order chi connectivity index (χ1) is 10.7. The molecule has 0 saturated heterocycles. The van der Waals surface area contributed by atoms with E-state index in [0.717, 1.165) is 30.1 Å². The first-order valence-electron chi connectivity index (χ1n) is 7.33. The van der Waals surface area contributed by atoms with Crippen LogP contribution < -0.4 is 0 Å². The summed E-state index contributed by atoms with van der Waals surface area (Å²) in [5.41, 5.74) is 2.48. The molecular formula is C15H17N5OS. The minimum Gasteiger partial charge on any atom is -0.418 e. The fraction of sp³-hybridized carbons (Fsp3) is 0.400. The third kappa shape index (κ3) is 2.26. The first-order valence-corrected chi connectivity index (χ1v) is 8.20. The number of aromatic nitrogens is 4. The van der Waals surface area contributed by atoms with Crippen molar-refractivity contribution in [2.45, 2.75) is 25.9 Å². The third-order valence-corrected chi connectivity index (χ3v) is 5.07. The van der Waals surface area contributed by atoms with E-state index in [0.29, 0.717) is 11.8 Å². The van der Waals surface area contributed by atoms with Crippen LogP contribution in [-0.4, -0.2) is 31.2 Å². The van der Waals surface area contributed by atoms with Gasteiger partial charge in [0.2, 0.25) is 5.89 Å². The second-order valence-corrected chi connectivity index (χ2v) is 6.52. The van der Waals surface area contributed by atoms with E-state index in [-0.39, 0.29) is 6.04 Å². The molecule has 0 bridgehead atoms. The number of hydrogen-bond donors (Lipinski definition) is 0. The van der Waals surface area contributed by atoms with Crippen molar-refractivity contribution in [3.05, 3.63) is 41.1 Å². The minimum atomic E-state index is 0.0939. The van der Waals surface area contributed by atoms with Gasteiger partial charge in [-0.15, -0.1) is 21.5 Å². The summed E-state index contributed by atoms with van der Waals surface area (Å²) >= 11 is 1.61. The molecule has 3 aromatic rings. The lowest BCUT2D eigenvalue weighted by Gasteiger charge is -2.30. The summed E-state index contributed by atoms with van der Waals surface area (Å²) in [6, 6.07) is 4.07. The molecule has 7 heteroatoms. The van der Waals surface area contributed by atoms with Gasteiger partial charge >= 0.3 is 0 Å². The van der Waals surface area contributed by atoms with Gasteiger partial charge in [-0.1, -0.05) is 6.07 Å². The molecule has 0 spiro atoms. The summed E-state index contributed by atoms with van der Waals surface area (Å²) in [7, 11) is 2.05. The summed E-state index contributed by atoms with van der Waals surface area (Å²) in [6.45, 7) is 3.91. The molecule has 1 aliphatic rings. The number of fused-ring (bicyclic) bond motifs is 1. The fourth-order valence-corrected chi connectivity index (χ4v) is 3.51. The van der Waals surface area contributed by atoms with Crippen LogP contribution in [0.25, 0.3) is 10.8 Å². The highest BCUT2D eigenvalue weighted by Crippen LogP contribution is 2.29. The lowest BCUT2D eigenvalue weighted by atomic mass is 10.1. The van der Waals surface area contributed by atoms with Crippen LogP contribution in [0.15, 0.2) is 28.3 Å². The number of nitrogens with zero attached hydrogens (tertiary/aromatic N) is 5. The van der Waals surface area contributed by atoms with Gasteiger partial charge in [0.25, 0.3) is 5.89 Å². The molecular weight excluding hydrogens is 298 g/mol. The normalized spacial score (nSPS) is 16.6. The van der Waals surface area contributed by atoms with Crippen LogP contribution in [0.5, 0.6) is 0 Å². The Hall–Kier alpha value is -1.99. The maximum Gasteiger partial charge on any atom is 0.257 e. The molecule has 1 atom stereocenters. The van der Waals surface area contributed by atoms with Crippen LogP contribution in [0, 0.1) is 0 Å². The predicted octanol–water partition coefficient (Wildman–Crippen LogP) is 2.65. The Bertz CT molecular complexity index is 776. The highest BCUT2D eigenvalue weighted by molar-refractivity contribution is 7.13. The topological polar surface area (TPSA) is 60.0 Å². The second kappa shape index (κ2) is 5.33. The maximum atomic E-state index is 5.86. The number of rotatable bonds is 3. The Morgan fingerprint density at radius 1 is 1.36 bits per heavy atom. The molecule has 1 aliphatic heterocycles. The molecule has 4 rings (SSSR count). The zero-order valence-electron chi connectivity index (χ0n) is 12.6. The maximum absolute atomic E-state index is 5.86. The van der Waals surface area contributed by atoms with E-state index in [4.69, 9.17) is 4.42 Å². The van der Waals surface area contributed by atoms with E-state index in [1.54, 1.807) is 11.3 Å². The number of imidazole rings is 1. The fourth-order valence-electron chi connectivity index (χ4n) is 2.87.